The maximum absolute atomic E-state index is 13.3. The van der Waals surface area contributed by atoms with Gasteiger partial charge in [0.15, 0.2) is 0 Å². The molecule has 2 aliphatic rings. The van der Waals surface area contributed by atoms with Gasteiger partial charge in [0.05, 0.1) is 5.41 Å². The van der Waals surface area contributed by atoms with E-state index in [0.717, 1.165) is 44.5 Å². The molecule has 1 aromatic carbocycles. The Labute approximate surface area is 132 Å². The predicted octanol–water partition coefficient (Wildman–Crippen LogP) is 3.05. The Morgan fingerprint density at radius 1 is 1.32 bits per heavy atom. The van der Waals surface area contributed by atoms with Crippen LogP contribution in [0.3, 0.4) is 0 Å². The van der Waals surface area contributed by atoms with Gasteiger partial charge in [-0.25, -0.2) is 4.39 Å². The van der Waals surface area contributed by atoms with Crippen LogP contribution in [0.5, 0.6) is 0 Å². The van der Waals surface area contributed by atoms with Crippen LogP contribution >= 0.6 is 0 Å². The van der Waals surface area contributed by atoms with Crippen molar-refractivity contribution in [1.82, 2.24) is 9.80 Å². The zero-order valence-electron chi connectivity index (χ0n) is 13.5. The summed E-state index contributed by atoms with van der Waals surface area (Å²) in [4.78, 5) is 17.2. The van der Waals surface area contributed by atoms with Crippen LogP contribution in [0.4, 0.5) is 4.39 Å². The highest BCUT2D eigenvalue weighted by molar-refractivity contribution is 5.85. The lowest BCUT2D eigenvalue weighted by Gasteiger charge is -2.26. The number of nitrogens with zero attached hydrogens (tertiary/aromatic N) is 2. The van der Waals surface area contributed by atoms with Gasteiger partial charge in [0.2, 0.25) is 5.91 Å². The highest BCUT2D eigenvalue weighted by atomic mass is 19.1. The Bertz CT molecular complexity index is 562. The summed E-state index contributed by atoms with van der Waals surface area (Å²) in [5.41, 5.74) is 0.693. The second-order valence-electron chi connectivity index (χ2n) is 6.86. The summed E-state index contributed by atoms with van der Waals surface area (Å²) in [5.74, 6) is 0.0326. The summed E-state index contributed by atoms with van der Waals surface area (Å²) in [6, 6.07) is 7.11. The van der Waals surface area contributed by atoms with Crippen molar-refractivity contribution in [3.8, 4) is 0 Å². The van der Waals surface area contributed by atoms with E-state index in [-0.39, 0.29) is 17.1 Å². The molecule has 0 N–H and O–H groups in total. The summed E-state index contributed by atoms with van der Waals surface area (Å²) >= 11 is 0. The normalized spacial score (nSPS) is 27.0. The van der Waals surface area contributed by atoms with Gasteiger partial charge >= 0.3 is 0 Å². The molecule has 3 rings (SSSR count). The molecule has 0 unspecified atom stereocenters. The largest absolute Gasteiger partial charge is 0.338 e. The van der Waals surface area contributed by atoms with Crippen molar-refractivity contribution in [2.24, 2.45) is 5.41 Å². The Morgan fingerprint density at radius 3 is 2.82 bits per heavy atom. The number of amides is 1. The van der Waals surface area contributed by atoms with E-state index in [1.165, 1.54) is 12.1 Å². The van der Waals surface area contributed by atoms with Gasteiger partial charge in [-0.3, -0.25) is 9.69 Å². The quantitative estimate of drug-likeness (QED) is 0.853. The van der Waals surface area contributed by atoms with Gasteiger partial charge < -0.3 is 4.90 Å². The summed E-state index contributed by atoms with van der Waals surface area (Å²) in [5, 5.41) is 0. The minimum absolute atomic E-state index is 0.184. The van der Waals surface area contributed by atoms with E-state index in [0.29, 0.717) is 12.6 Å². The number of carbonyl (C=O) groups excluding carboxylic acids is 1. The fourth-order valence-electron chi connectivity index (χ4n) is 3.82. The van der Waals surface area contributed by atoms with Gasteiger partial charge in [0.1, 0.15) is 5.82 Å². The van der Waals surface area contributed by atoms with E-state index in [9.17, 15) is 9.18 Å². The summed E-state index contributed by atoms with van der Waals surface area (Å²) in [7, 11) is 0. The van der Waals surface area contributed by atoms with E-state index in [1.54, 1.807) is 6.07 Å². The zero-order chi connectivity index (χ0) is 15.7. The lowest BCUT2D eigenvalue weighted by atomic mass is 9.85. The van der Waals surface area contributed by atoms with E-state index >= 15 is 0 Å². The maximum atomic E-state index is 13.3. The van der Waals surface area contributed by atoms with Crippen LogP contribution in [0.15, 0.2) is 24.3 Å². The first-order valence-corrected chi connectivity index (χ1v) is 8.32. The minimum atomic E-state index is -0.234. The standard InChI is InChI=1S/C18H25FN2O/c1-3-14(2)21-10-8-18(13-21)7-9-20(17(18)22)12-15-5-4-6-16(19)11-15/h4-6,11,14H,3,7-10,12-13H2,1-2H3/t14-,18+/m1/s1. The average molecular weight is 304 g/mol. The molecule has 2 heterocycles. The second kappa shape index (κ2) is 5.99. The molecule has 120 valence electrons. The van der Waals surface area contributed by atoms with E-state index in [1.807, 2.05) is 11.0 Å². The fraction of sp³-hybridized carbons (Fsp3) is 0.611. The Hall–Kier alpha value is -1.42. The highest BCUT2D eigenvalue weighted by Crippen LogP contribution is 2.41. The number of hydrogen-bond donors (Lipinski definition) is 0. The number of carbonyl (C=O) groups is 1. The van der Waals surface area contributed by atoms with Crippen LogP contribution in [0.25, 0.3) is 0 Å². The molecule has 3 nitrogen and oxygen atoms in total. The molecular formula is C18H25FN2O. The smallest absolute Gasteiger partial charge is 0.230 e. The van der Waals surface area contributed by atoms with Crippen molar-refractivity contribution in [1.29, 1.82) is 0 Å². The monoisotopic (exact) mass is 304 g/mol. The van der Waals surface area contributed by atoms with Crippen molar-refractivity contribution in [2.75, 3.05) is 19.6 Å². The number of likely N-dealkylation sites (tertiary alicyclic amines) is 2. The molecule has 2 saturated heterocycles. The summed E-state index contributed by atoms with van der Waals surface area (Å²) in [6.07, 6.45) is 3.03. The average Bonchev–Trinajstić information content (AvgIpc) is 3.07. The molecule has 2 fully saturated rings. The second-order valence-corrected chi connectivity index (χ2v) is 6.86. The molecular weight excluding hydrogens is 279 g/mol. The van der Waals surface area contributed by atoms with Crippen LogP contribution in [0.2, 0.25) is 0 Å². The fourth-order valence-corrected chi connectivity index (χ4v) is 3.82. The van der Waals surface area contributed by atoms with Crippen LogP contribution in [0.1, 0.15) is 38.7 Å². The molecule has 1 spiro atoms. The molecule has 1 aromatic rings. The third-order valence-electron chi connectivity index (χ3n) is 5.46. The van der Waals surface area contributed by atoms with Gasteiger partial charge in [-0.05, 0) is 50.4 Å². The zero-order valence-corrected chi connectivity index (χ0v) is 13.5. The molecule has 2 aliphatic heterocycles. The molecule has 2 atom stereocenters. The molecule has 22 heavy (non-hydrogen) atoms. The Balaban J connectivity index is 1.68. The molecule has 0 aromatic heterocycles. The van der Waals surface area contributed by atoms with E-state index in [4.69, 9.17) is 0 Å². The van der Waals surface area contributed by atoms with Gasteiger partial charge in [0.25, 0.3) is 0 Å². The van der Waals surface area contributed by atoms with Crippen LogP contribution < -0.4 is 0 Å². The number of rotatable bonds is 4. The SMILES string of the molecule is CC[C@@H](C)N1CC[C@@]2(CCN(Cc3cccc(F)c3)C2=O)C1. The van der Waals surface area contributed by atoms with Crippen molar-refractivity contribution >= 4 is 5.91 Å². The first-order chi connectivity index (χ1) is 10.5. The van der Waals surface area contributed by atoms with Crippen molar-refractivity contribution < 1.29 is 9.18 Å². The summed E-state index contributed by atoms with van der Waals surface area (Å²) < 4.78 is 13.3. The van der Waals surface area contributed by atoms with Crippen molar-refractivity contribution in [3.63, 3.8) is 0 Å². The molecule has 0 radical (unpaired) electrons. The Morgan fingerprint density at radius 2 is 2.09 bits per heavy atom. The van der Waals surface area contributed by atoms with E-state index < -0.39 is 0 Å². The van der Waals surface area contributed by atoms with Gasteiger partial charge in [0, 0.05) is 25.7 Å². The number of benzene rings is 1. The first-order valence-electron chi connectivity index (χ1n) is 8.32. The molecule has 4 heteroatoms. The van der Waals surface area contributed by atoms with Crippen LogP contribution in [-0.2, 0) is 11.3 Å². The lowest BCUT2D eigenvalue weighted by molar-refractivity contribution is -0.136. The molecule has 1 amide bonds. The third kappa shape index (κ3) is 2.76. The van der Waals surface area contributed by atoms with Crippen LogP contribution in [0, 0.1) is 11.2 Å². The van der Waals surface area contributed by atoms with Gasteiger partial charge in [-0.15, -0.1) is 0 Å². The topological polar surface area (TPSA) is 23.6 Å². The van der Waals surface area contributed by atoms with E-state index in [2.05, 4.69) is 18.7 Å². The number of halogens is 1. The lowest BCUT2D eigenvalue weighted by Crippen LogP contribution is -2.38. The van der Waals surface area contributed by atoms with Gasteiger partial charge in [-0.2, -0.15) is 0 Å². The van der Waals surface area contributed by atoms with Crippen LogP contribution in [-0.4, -0.2) is 41.4 Å². The summed E-state index contributed by atoms with van der Waals surface area (Å²) in [6.45, 7) is 7.67. The predicted molar refractivity (Wildman–Crippen MR) is 84.8 cm³/mol. The number of hydrogen-bond acceptors (Lipinski definition) is 2. The third-order valence-corrected chi connectivity index (χ3v) is 5.46. The molecule has 0 saturated carbocycles. The first kappa shape index (κ1) is 15.5. The van der Waals surface area contributed by atoms with Crippen molar-refractivity contribution in [3.05, 3.63) is 35.6 Å². The molecule has 0 bridgehead atoms. The Kier molecular flexibility index (Phi) is 4.22. The maximum Gasteiger partial charge on any atom is 0.230 e. The van der Waals surface area contributed by atoms with Crippen molar-refractivity contribution in [2.45, 2.75) is 45.7 Å². The highest BCUT2D eigenvalue weighted by Gasteiger charge is 2.50. The van der Waals surface area contributed by atoms with Gasteiger partial charge in [-0.1, -0.05) is 19.1 Å². The molecule has 0 aliphatic carbocycles. The minimum Gasteiger partial charge on any atom is -0.338 e.